The number of aliphatic hydroxyl groups excluding tert-OH is 1. The molecular formula is C11H15ClF3NO4. The Bertz CT molecular complexity index is 456. The SMILES string of the molecule is COc1cc(O)c([C@@H](N)[C@@H](O)C(F)(F)F)c(OC)c1.Cl. The van der Waals surface area contributed by atoms with Gasteiger partial charge in [0.15, 0.2) is 6.10 Å². The van der Waals surface area contributed by atoms with E-state index in [4.69, 9.17) is 20.3 Å². The maximum absolute atomic E-state index is 12.4. The maximum Gasteiger partial charge on any atom is 0.416 e. The summed E-state index contributed by atoms with van der Waals surface area (Å²) >= 11 is 0. The van der Waals surface area contributed by atoms with Crippen LogP contribution in [0, 0.1) is 0 Å². The van der Waals surface area contributed by atoms with Crippen LogP contribution < -0.4 is 15.2 Å². The van der Waals surface area contributed by atoms with E-state index in [1.54, 1.807) is 0 Å². The summed E-state index contributed by atoms with van der Waals surface area (Å²) in [5, 5.41) is 18.8. The van der Waals surface area contributed by atoms with Gasteiger partial charge in [-0.05, 0) is 0 Å². The van der Waals surface area contributed by atoms with E-state index >= 15 is 0 Å². The number of rotatable bonds is 4. The highest BCUT2D eigenvalue weighted by Gasteiger charge is 2.44. The number of methoxy groups -OCH3 is 2. The van der Waals surface area contributed by atoms with Crippen molar-refractivity contribution in [2.24, 2.45) is 5.73 Å². The monoisotopic (exact) mass is 317 g/mol. The van der Waals surface area contributed by atoms with Crippen LogP contribution in [0.1, 0.15) is 11.6 Å². The van der Waals surface area contributed by atoms with Crippen LogP contribution in [0.15, 0.2) is 12.1 Å². The van der Waals surface area contributed by atoms with Gasteiger partial charge < -0.3 is 25.4 Å². The fourth-order valence-corrected chi connectivity index (χ4v) is 1.57. The molecule has 4 N–H and O–H groups in total. The number of hydrogen-bond acceptors (Lipinski definition) is 5. The van der Waals surface area contributed by atoms with Crippen LogP contribution in [0.2, 0.25) is 0 Å². The molecule has 20 heavy (non-hydrogen) atoms. The van der Waals surface area contributed by atoms with E-state index in [0.717, 1.165) is 6.07 Å². The van der Waals surface area contributed by atoms with Gasteiger partial charge in [0.05, 0.1) is 25.8 Å². The molecule has 116 valence electrons. The number of aliphatic hydroxyl groups is 1. The summed E-state index contributed by atoms with van der Waals surface area (Å²) in [6.07, 6.45) is -7.72. The predicted octanol–water partition coefficient (Wildman–Crippen LogP) is 1.75. The molecule has 0 aliphatic carbocycles. The van der Waals surface area contributed by atoms with Gasteiger partial charge in [-0.2, -0.15) is 13.2 Å². The summed E-state index contributed by atoms with van der Waals surface area (Å²) in [6, 6.07) is 0.472. The quantitative estimate of drug-likeness (QED) is 0.788. The fourth-order valence-electron chi connectivity index (χ4n) is 1.57. The molecular weight excluding hydrogens is 303 g/mol. The number of ether oxygens (including phenoxy) is 2. The van der Waals surface area contributed by atoms with Crippen LogP contribution in [0.3, 0.4) is 0 Å². The lowest BCUT2D eigenvalue weighted by Crippen LogP contribution is -2.39. The Hall–Kier alpha value is -1.38. The van der Waals surface area contributed by atoms with E-state index in [2.05, 4.69) is 0 Å². The van der Waals surface area contributed by atoms with Gasteiger partial charge in [-0.1, -0.05) is 0 Å². The maximum atomic E-state index is 12.4. The molecule has 0 amide bonds. The van der Waals surface area contributed by atoms with Crippen LogP contribution in [0.4, 0.5) is 13.2 Å². The van der Waals surface area contributed by atoms with Gasteiger partial charge in [0.1, 0.15) is 17.2 Å². The topological polar surface area (TPSA) is 84.9 Å². The van der Waals surface area contributed by atoms with Crippen LogP contribution in [0.25, 0.3) is 0 Å². The molecule has 1 aromatic carbocycles. The average molecular weight is 318 g/mol. The number of nitrogens with two attached hydrogens (primary N) is 1. The second kappa shape index (κ2) is 6.87. The largest absolute Gasteiger partial charge is 0.507 e. The van der Waals surface area contributed by atoms with Gasteiger partial charge in [0, 0.05) is 12.1 Å². The zero-order valence-electron chi connectivity index (χ0n) is 10.6. The van der Waals surface area contributed by atoms with Gasteiger partial charge in [-0.25, -0.2) is 0 Å². The van der Waals surface area contributed by atoms with Crippen LogP contribution in [-0.4, -0.2) is 36.7 Å². The lowest BCUT2D eigenvalue weighted by Gasteiger charge is -2.24. The molecule has 0 heterocycles. The number of phenolic OH excluding ortho intramolecular Hbond substituents is 1. The van der Waals surface area contributed by atoms with Crippen molar-refractivity contribution in [1.29, 1.82) is 0 Å². The minimum absolute atomic E-state index is 0. The third-order valence-electron chi connectivity index (χ3n) is 2.56. The third-order valence-corrected chi connectivity index (χ3v) is 2.56. The molecule has 1 aromatic rings. The first kappa shape index (κ1) is 18.6. The molecule has 0 unspecified atom stereocenters. The Morgan fingerprint density at radius 2 is 1.75 bits per heavy atom. The Morgan fingerprint density at radius 3 is 2.15 bits per heavy atom. The molecule has 0 aliphatic heterocycles. The Morgan fingerprint density at radius 1 is 1.20 bits per heavy atom. The molecule has 0 aliphatic rings. The van der Waals surface area contributed by atoms with E-state index in [-0.39, 0.29) is 29.5 Å². The first-order valence-electron chi connectivity index (χ1n) is 5.17. The van der Waals surface area contributed by atoms with Gasteiger partial charge in [0.2, 0.25) is 0 Å². The van der Waals surface area contributed by atoms with Crippen molar-refractivity contribution in [2.45, 2.75) is 18.3 Å². The molecule has 2 atom stereocenters. The van der Waals surface area contributed by atoms with Crippen LogP contribution in [-0.2, 0) is 0 Å². The zero-order valence-corrected chi connectivity index (χ0v) is 11.5. The Kier molecular flexibility index (Phi) is 6.39. The molecule has 0 radical (unpaired) electrons. The minimum atomic E-state index is -4.91. The standard InChI is InChI=1S/C11H14F3NO4.ClH/c1-18-5-3-6(16)8(7(4-5)19-2)9(15)10(17)11(12,13)14;/h3-4,9-10,16-17H,15H2,1-2H3;1H/t9-,10-;/m1./s1. The summed E-state index contributed by atoms with van der Waals surface area (Å²) in [4.78, 5) is 0. The first-order valence-corrected chi connectivity index (χ1v) is 5.17. The van der Waals surface area contributed by atoms with Gasteiger partial charge in [-0.15, -0.1) is 12.4 Å². The number of benzene rings is 1. The Balaban J connectivity index is 0.00000361. The minimum Gasteiger partial charge on any atom is -0.507 e. The number of halogens is 4. The second-order valence-electron chi connectivity index (χ2n) is 3.77. The van der Waals surface area contributed by atoms with Gasteiger partial charge in [-0.3, -0.25) is 0 Å². The highest BCUT2D eigenvalue weighted by molar-refractivity contribution is 5.85. The number of phenols is 1. The summed E-state index contributed by atoms with van der Waals surface area (Å²) in [5.41, 5.74) is 5.00. The first-order chi connectivity index (χ1) is 8.72. The average Bonchev–Trinajstić information content (AvgIpc) is 2.34. The van der Waals surface area contributed by atoms with E-state index in [1.807, 2.05) is 0 Å². The van der Waals surface area contributed by atoms with Crippen molar-refractivity contribution in [3.05, 3.63) is 17.7 Å². The van der Waals surface area contributed by atoms with E-state index < -0.39 is 24.1 Å². The highest BCUT2D eigenvalue weighted by atomic mass is 35.5. The van der Waals surface area contributed by atoms with Crippen molar-refractivity contribution >= 4 is 12.4 Å². The summed E-state index contributed by atoms with van der Waals surface area (Å²) in [7, 11) is 2.52. The van der Waals surface area contributed by atoms with Gasteiger partial charge in [0.25, 0.3) is 0 Å². The predicted molar refractivity (Wildman–Crippen MR) is 67.4 cm³/mol. The Labute approximate surface area is 119 Å². The molecule has 0 fully saturated rings. The van der Waals surface area contributed by atoms with E-state index in [9.17, 15) is 18.3 Å². The molecule has 0 spiro atoms. The highest BCUT2D eigenvalue weighted by Crippen LogP contribution is 2.40. The summed E-state index contributed by atoms with van der Waals surface area (Å²) in [5.74, 6) is -0.466. The molecule has 0 saturated carbocycles. The van der Waals surface area contributed by atoms with Crippen LogP contribution >= 0.6 is 12.4 Å². The van der Waals surface area contributed by atoms with Crippen molar-refractivity contribution in [3.8, 4) is 17.2 Å². The number of hydrogen-bond donors (Lipinski definition) is 3. The third kappa shape index (κ3) is 3.81. The molecule has 0 bridgehead atoms. The molecule has 5 nitrogen and oxygen atoms in total. The van der Waals surface area contributed by atoms with E-state index in [0.29, 0.717) is 0 Å². The van der Waals surface area contributed by atoms with Crippen molar-refractivity contribution in [2.75, 3.05) is 14.2 Å². The smallest absolute Gasteiger partial charge is 0.416 e. The fraction of sp³-hybridized carbons (Fsp3) is 0.455. The van der Waals surface area contributed by atoms with Crippen LogP contribution in [0.5, 0.6) is 17.2 Å². The molecule has 0 saturated heterocycles. The lowest BCUT2D eigenvalue weighted by molar-refractivity contribution is -0.210. The lowest BCUT2D eigenvalue weighted by atomic mass is 9.99. The number of alkyl halides is 3. The molecule has 9 heteroatoms. The second-order valence-corrected chi connectivity index (χ2v) is 3.77. The van der Waals surface area contributed by atoms with Gasteiger partial charge >= 0.3 is 6.18 Å². The van der Waals surface area contributed by atoms with E-state index in [1.165, 1.54) is 20.3 Å². The summed E-state index contributed by atoms with van der Waals surface area (Å²) in [6.45, 7) is 0. The number of aromatic hydroxyl groups is 1. The molecule has 1 rings (SSSR count). The zero-order chi connectivity index (χ0) is 14.8. The molecule has 0 aromatic heterocycles. The van der Waals surface area contributed by atoms with Crippen molar-refractivity contribution < 1.29 is 32.9 Å². The van der Waals surface area contributed by atoms with Crippen molar-refractivity contribution in [1.82, 2.24) is 0 Å². The normalized spacial score (nSPS) is 14.2. The summed E-state index contributed by atoms with van der Waals surface area (Å²) < 4.78 is 47.0. The van der Waals surface area contributed by atoms with Crippen molar-refractivity contribution in [3.63, 3.8) is 0 Å².